The van der Waals surface area contributed by atoms with E-state index in [2.05, 4.69) is 22.6 Å². The first kappa shape index (κ1) is 29.2. The largest absolute Gasteiger partial charge is 0.463 e. The van der Waals surface area contributed by atoms with Gasteiger partial charge in [0.1, 0.15) is 0 Å². The van der Waals surface area contributed by atoms with Crippen molar-refractivity contribution in [3.8, 4) is 0 Å². The van der Waals surface area contributed by atoms with Crippen LogP contribution in [0, 0.1) is 0 Å². The Labute approximate surface area is 198 Å². The minimum absolute atomic E-state index is 0.207. The van der Waals surface area contributed by atoms with Gasteiger partial charge in [0.2, 0.25) is 0 Å². The van der Waals surface area contributed by atoms with Gasteiger partial charge in [0.15, 0.2) is 0 Å². The monoisotopic (exact) mass is 536 g/mol. The Bertz CT molecular complexity index is 361. The first-order valence-corrected chi connectivity index (χ1v) is 16.2. The van der Waals surface area contributed by atoms with E-state index in [9.17, 15) is 4.79 Å². The van der Waals surface area contributed by atoms with Crippen LogP contribution in [0.15, 0.2) is 12.2 Å². The zero-order valence-electron chi connectivity index (χ0n) is 19.4. The molecule has 0 rings (SSSR count). The van der Waals surface area contributed by atoms with Crippen molar-refractivity contribution >= 4 is 38.1 Å². The molecule has 0 aromatic carbocycles. The van der Waals surface area contributed by atoms with Gasteiger partial charge in [-0.2, -0.15) is 0 Å². The van der Waals surface area contributed by atoms with Crippen LogP contribution in [0.3, 0.4) is 0 Å². The van der Waals surface area contributed by atoms with Gasteiger partial charge in [0.25, 0.3) is 0 Å². The Morgan fingerprint density at radius 3 is 1.45 bits per heavy atom. The number of esters is 1. The van der Waals surface area contributed by atoms with Crippen LogP contribution in [0.4, 0.5) is 0 Å². The van der Waals surface area contributed by atoms with Gasteiger partial charge in [0.05, 0.1) is 6.61 Å². The van der Waals surface area contributed by atoms with Gasteiger partial charge >= 0.3 is 5.97 Å². The van der Waals surface area contributed by atoms with E-state index in [-0.39, 0.29) is 5.97 Å². The Morgan fingerprint density at radius 2 is 1.07 bits per heavy atom. The number of unbranched alkanes of at least 4 members (excludes halogenated alkanes) is 17. The fourth-order valence-electron chi connectivity index (χ4n) is 3.74. The second-order valence-electron chi connectivity index (χ2n) is 8.43. The molecule has 0 spiro atoms. The average Bonchev–Trinajstić information content (AvgIpc) is 2.72. The molecule has 0 N–H and O–H groups in total. The molecule has 0 heterocycles. The van der Waals surface area contributed by atoms with E-state index < -0.39 is 0 Å². The molecule has 2 nitrogen and oxygen atoms in total. The molecule has 0 amide bonds. The average molecular weight is 537 g/mol. The van der Waals surface area contributed by atoms with Crippen molar-refractivity contribution in [2.75, 3.05) is 10.7 Å². The molecule has 29 heavy (non-hydrogen) atoms. The number of rotatable bonds is 23. The number of hydrogen-bond acceptors (Lipinski definition) is 2. The summed E-state index contributed by atoms with van der Waals surface area (Å²) in [5.74, 6) is -0.207. The number of hydrogen-bond donors (Lipinski definition) is 0. The summed E-state index contributed by atoms with van der Waals surface area (Å²) < 4.78 is 6.57. The van der Waals surface area contributed by atoms with E-state index >= 15 is 0 Å². The van der Waals surface area contributed by atoms with E-state index in [4.69, 9.17) is 4.74 Å². The Balaban J connectivity index is 3.04. The molecule has 0 aliphatic heterocycles. The number of carbonyl (C=O) groups excluding carboxylic acids is 1. The van der Waals surface area contributed by atoms with Crippen LogP contribution in [-0.2, 0) is 9.53 Å². The zero-order chi connectivity index (χ0) is 21.3. The summed E-state index contributed by atoms with van der Waals surface area (Å²) in [6.45, 7) is 2.41. The lowest BCUT2D eigenvalue weighted by Gasteiger charge is -2.04. The van der Waals surface area contributed by atoms with Crippen molar-refractivity contribution in [3.05, 3.63) is 12.2 Å². The molecule has 0 saturated heterocycles. The maximum atomic E-state index is 11.1. The van der Waals surface area contributed by atoms with Gasteiger partial charge in [-0.25, -0.2) is 4.79 Å². The van der Waals surface area contributed by atoms with Gasteiger partial charge in [-0.05, 0) is 17.4 Å². The number of alkyl halides is 1. The van der Waals surface area contributed by atoms with Crippen molar-refractivity contribution in [2.24, 2.45) is 0 Å². The summed E-state index contributed by atoms with van der Waals surface area (Å²) in [6, 6.07) is 1.58. The highest BCUT2D eigenvalue weighted by atomic mass is 127. The van der Waals surface area contributed by atoms with E-state index in [0.717, 1.165) is 6.42 Å². The minimum Gasteiger partial charge on any atom is -0.463 e. The molecule has 4 heteroatoms. The molecule has 0 aliphatic carbocycles. The lowest BCUT2D eigenvalue weighted by molar-refractivity contribution is -0.137. The van der Waals surface area contributed by atoms with Crippen molar-refractivity contribution in [3.63, 3.8) is 0 Å². The summed E-state index contributed by atoms with van der Waals surface area (Å²) in [7, 11) is 0.320. The number of allylic oxidation sites excluding steroid dienone is 1. The quantitative estimate of drug-likeness (QED) is 0.0329. The first-order valence-electron chi connectivity index (χ1n) is 12.7. The Hall–Kier alpha value is 0.157. The summed E-state index contributed by atoms with van der Waals surface area (Å²) in [5.41, 5.74) is 0. The summed E-state index contributed by atoms with van der Waals surface area (Å²) >= 11 is 2.55. The van der Waals surface area contributed by atoms with Crippen LogP contribution in [-0.4, -0.2) is 26.1 Å². The van der Waals surface area contributed by atoms with Crippen LogP contribution >= 0.6 is 22.6 Å². The predicted octanol–water partition coefficient (Wildman–Crippen LogP) is 8.11. The van der Waals surface area contributed by atoms with Gasteiger partial charge in [0, 0.05) is 15.6 Å². The maximum Gasteiger partial charge on any atom is 0.330 e. The highest BCUT2D eigenvalue weighted by Gasteiger charge is 1.97. The van der Waals surface area contributed by atoms with E-state index in [1.54, 1.807) is 12.1 Å². The van der Waals surface area contributed by atoms with E-state index in [0.29, 0.717) is 16.1 Å². The fraction of sp³-hybridized carbons (Fsp3) is 0.880. The van der Waals surface area contributed by atoms with Crippen LogP contribution < -0.4 is 0 Å². The van der Waals surface area contributed by atoms with E-state index in [1.165, 1.54) is 119 Å². The number of ether oxygens (including phenoxy) is 1. The first-order chi connectivity index (χ1) is 14.3. The summed E-state index contributed by atoms with van der Waals surface area (Å²) in [5, 5.41) is 0. The molecular formula is C25H49IO2Si. The predicted molar refractivity (Wildman–Crippen MR) is 141 cm³/mol. The molecule has 0 atom stereocenters. The topological polar surface area (TPSA) is 26.3 Å². The third-order valence-corrected chi connectivity index (χ3v) is 9.13. The van der Waals surface area contributed by atoms with Crippen LogP contribution in [0.1, 0.15) is 122 Å². The third-order valence-electron chi connectivity index (χ3n) is 5.58. The molecular weight excluding hydrogens is 487 g/mol. The Morgan fingerprint density at radius 1 is 0.690 bits per heavy atom. The summed E-state index contributed by atoms with van der Waals surface area (Å²) in [4.78, 5) is 11.1. The molecule has 0 aliphatic rings. The van der Waals surface area contributed by atoms with Crippen molar-refractivity contribution in [1.82, 2.24) is 0 Å². The molecule has 0 aromatic rings. The molecule has 0 saturated carbocycles. The van der Waals surface area contributed by atoms with Gasteiger partial charge in [-0.15, -0.1) is 0 Å². The van der Waals surface area contributed by atoms with E-state index in [1.807, 2.05) is 6.92 Å². The molecule has 172 valence electrons. The SMILES string of the molecule is CC=CC(=O)OCCCCCCCCCCCCCCCCCCCC[SiH2]CI. The highest BCUT2D eigenvalue weighted by Crippen LogP contribution is 2.14. The number of halogens is 1. The number of carbonyl (C=O) groups is 1. The van der Waals surface area contributed by atoms with Crippen LogP contribution in [0.25, 0.3) is 0 Å². The highest BCUT2D eigenvalue weighted by molar-refractivity contribution is 14.1. The van der Waals surface area contributed by atoms with Crippen molar-refractivity contribution < 1.29 is 9.53 Å². The lowest BCUT2D eigenvalue weighted by atomic mass is 10.0. The lowest BCUT2D eigenvalue weighted by Crippen LogP contribution is -2.01. The molecule has 0 bridgehead atoms. The maximum absolute atomic E-state index is 11.1. The molecule has 0 radical (unpaired) electrons. The smallest absolute Gasteiger partial charge is 0.330 e. The second-order valence-corrected chi connectivity index (χ2v) is 13.5. The molecule has 0 aromatic heterocycles. The minimum atomic E-state index is -0.207. The second kappa shape index (κ2) is 26.2. The zero-order valence-corrected chi connectivity index (χ0v) is 23.0. The van der Waals surface area contributed by atoms with Crippen LogP contribution in [0.5, 0.6) is 0 Å². The van der Waals surface area contributed by atoms with Gasteiger partial charge < -0.3 is 4.74 Å². The molecule has 0 unspecified atom stereocenters. The third kappa shape index (κ3) is 26.1. The van der Waals surface area contributed by atoms with Crippen molar-refractivity contribution in [1.29, 1.82) is 0 Å². The Kier molecular flexibility index (Phi) is 26.3. The standard InChI is InChI=1S/C25H49IO2Si/c1-2-21-25(27)28-22-19-17-15-13-11-9-7-5-3-4-6-8-10-12-14-16-18-20-23-29-24-26/h2,21H,3-20,22-24,29H2,1H3. The normalized spacial score (nSPS) is 11.8. The van der Waals surface area contributed by atoms with Crippen molar-refractivity contribution in [2.45, 2.75) is 129 Å². The molecule has 0 fully saturated rings. The summed E-state index contributed by atoms with van der Waals surface area (Å²) in [6.07, 6.45) is 28.4. The van der Waals surface area contributed by atoms with Gasteiger partial charge in [-0.3, -0.25) is 0 Å². The van der Waals surface area contributed by atoms with Crippen LogP contribution in [0.2, 0.25) is 6.04 Å². The fourth-order valence-corrected chi connectivity index (χ4v) is 6.25. The van der Waals surface area contributed by atoms with Gasteiger partial charge in [-0.1, -0.05) is 144 Å².